The zero-order valence-corrected chi connectivity index (χ0v) is 12.7. The van der Waals surface area contributed by atoms with Gasteiger partial charge >= 0.3 is 0 Å². The monoisotopic (exact) mass is 266 g/mol. The molecule has 1 aliphatic rings. The Bertz CT molecular complexity index is 341. The maximum absolute atomic E-state index is 3.66. The summed E-state index contributed by atoms with van der Waals surface area (Å²) in [5.41, 5.74) is 1.75. The van der Waals surface area contributed by atoms with E-state index in [1.54, 1.807) is 11.3 Å². The molecule has 0 unspecified atom stereocenters. The number of nitrogens with one attached hydrogen (secondary N) is 1. The van der Waals surface area contributed by atoms with Gasteiger partial charge in [0.15, 0.2) is 0 Å². The molecule has 2 nitrogen and oxygen atoms in total. The second-order valence-electron chi connectivity index (χ2n) is 6.00. The maximum atomic E-state index is 3.66. The summed E-state index contributed by atoms with van der Waals surface area (Å²) in [6.07, 6.45) is 3.96. The smallest absolute Gasteiger partial charge is 0.0245 e. The predicted molar refractivity (Wildman–Crippen MR) is 80.1 cm³/mol. The first kappa shape index (κ1) is 14.0. The number of rotatable bonds is 8. The van der Waals surface area contributed by atoms with Crippen LogP contribution in [0.1, 0.15) is 45.6 Å². The van der Waals surface area contributed by atoms with E-state index in [0.29, 0.717) is 0 Å². The molecule has 0 atom stereocenters. The zero-order chi connectivity index (χ0) is 13.0. The largest absolute Gasteiger partial charge is 0.311 e. The van der Waals surface area contributed by atoms with E-state index in [9.17, 15) is 0 Å². The topological polar surface area (TPSA) is 15.3 Å². The van der Waals surface area contributed by atoms with E-state index in [1.165, 1.54) is 31.4 Å². The normalized spacial score (nSPS) is 16.4. The maximum Gasteiger partial charge on any atom is 0.0245 e. The van der Waals surface area contributed by atoms with E-state index in [1.807, 2.05) is 0 Å². The summed E-state index contributed by atoms with van der Waals surface area (Å²) in [5.74, 6) is 0. The molecule has 1 aliphatic carbocycles. The van der Waals surface area contributed by atoms with Crippen LogP contribution in [-0.2, 0) is 6.54 Å². The lowest BCUT2D eigenvalue weighted by Gasteiger charge is -2.28. The van der Waals surface area contributed by atoms with Crippen LogP contribution in [0.3, 0.4) is 0 Å². The van der Waals surface area contributed by atoms with Crippen LogP contribution in [0.4, 0.5) is 0 Å². The molecule has 1 heterocycles. The van der Waals surface area contributed by atoms with Gasteiger partial charge in [-0.05, 0) is 55.5 Å². The van der Waals surface area contributed by atoms with Crippen molar-refractivity contribution < 1.29 is 0 Å². The second kappa shape index (κ2) is 6.18. The molecule has 1 saturated carbocycles. The molecule has 0 radical (unpaired) electrons. The van der Waals surface area contributed by atoms with E-state index in [0.717, 1.165) is 19.1 Å². The van der Waals surface area contributed by atoms with Gasteiger partial charge in [0.25, 0.3) is 0 Å². The first-order valence-corrected chi connectivity index (χ1v) is 8.05. The standard InChI is InChI=1S/C15H26N2S/c1-4-15(2,3)16-8-9-17(14-5-6-14)11-13-7-10-18-12-13/h7,10,12,14,16H,4-6,8-9,11H2,1-3H3. The van der Waals surface area contributed by atoms with Crippen LogP contribution in [0, 0.1) is 0 Å². The van der Waals surface area contributed by atoms with Crippen LogP contribution < -0.4 is 5.32 Å². The highest BCUT2D eigenvalue weighted by Gasteiger charge is 2.28. The Morgan fingerprint density at radius 1 is 1.44 bits per heavy atom. The van der Waals surface area contributed by atoms with Gasteiger partial charge in [-0.15, -0.1) is 0 Å². The average molecular weight is 266 g/mol. The van der Waals surface area contributed by atoms with E-state index < -0.39 is 0 Å². The molecule has 0 bridgehead atoms. The summed E-state index contributed by atoms with van der Waals surface area (Å²) >= 11 is 1.80. The Hall–Kier alpha value is -0.380. The third-order valence-electron chi connectivity index (χ3n) is 3.92. The molecule has 0 aliphatic heterocycles. The highest BCUT2D eigenvalue weighted by molar-refractivity contribution is 7.07. The van der Waals surface area contributed by atoms with Crippen molar-refractivity contribution in [1.82, 2.24) is 10.2 Å². The first-order chi connectivity index (χ1) is 8.61. The molecule has 0 amide bonds. The molecule has 1 aromatic heterocycles. The summed E-state index contributed by atoms with van der Waals surface area (Å²) in [6, 6.07) is 3.10. The predicted octanol–water partition coefficient (Wildman–Crippen LogP) is 3.49. The van der Waals surface area contributed by atoms with Gasteiger partial charge in [-0.2, -0.15) is 11.3 Å². The summed E-state index contributed by atoms with van der Waals surface area (Å²) in [7, 11) is 0. The van der Waals surface area contributed by atoms with Gasteiger partial charge in [0.2, 0.25) is 0 Å². The fourth-order valence-electron chi connectivity index (χ4n) is 2.11. The molecule has 18 heavy (non-hydrogen) atoms. The van der Waals surface area contributed by atoms with Crippen molar-refractivity contribution in [2.45, 2.75) is 58.2 Å². The van der Waals surface area contributed by atoms with Crippen molar-refractivity contribution in [3.8, 4) is 0 Å². The van der Waals surface area contributed by atoms with Crippen molar-refractivity contribution >= 4 is 11.3 Å². The molecule has 1 aromatic rings. The van der Waals surface area contributed by atoms with Gasteiger partial charge in [-0.25, -0.2) is 0 Å². The van der Waals surface area contributed by atoms with E-state index in [4.69, 9.17) is 0 Å². The lowest BCUT2D eigenvalue weighted by atomic mass is 10.0. The zero-order valence-electron chi connectivity index (χ0n) is 11.9. The van der Waals surface area contributed by atoms with Crippen LogP contribution in [0.25, 0.3) is 0 Å². The molecule has 2 rings (SSSR count). The molecule has 0 spiro atoms. The summed E-state index contributed by atoms with van der Waals surface area (Å²) in [5, 5.41) is 8.12. The quantitative estimate of drug-likeness (QED) is 0.775. The Morgan fingerprint density at radius 3 is 2.78 bits per heavy atom. The van der Waals surface area contributed by atoms with Gasteiger partial charge < -0.3 is 5.32 Å². The van der Waals surface area contributed by atoms with E-state index in [-0.39, 0.29) is 5.54 Å². The summed E-state index contributed by atoms with van der Waals surface area (Å²) < 4.78 is 0. The molecule has 102 valence electrons. The summed E-state index contributed by atoms with van der Waals surface area (Å²) in [4.78, 5) is 2.64. The highest BCUT2D eigenvalue weighted by atomic mass is 32.1. The molecular weight excluding hydrogens is 240 g/mol. The SMILES string of the molecule is CCC(C)(C)NCCN(Cc1ccsc1)C1CC1. The molecule has 1 fully saturated rings. The van der Waals surface area contributed by atoms with Crippen molar-refractivity contribution in [2.75, 3.05) is 13.1 Å². The van der Waals surface area contributed by atoms with Gasteiger partial charge in [0, 0.05) is 31.2 Å². The fourth-order valence-corrected chi connectivity index (χ4v) is 2.77. The van der Waals surface area contributed by atoms with Crippen molar-refractivity contribution in [1.29, 1.82) is 0 Å². The van der Waals surface area contributed by atoms with Crippen molar-refractivity contribution in [3.05, 3.63) is 22.4 Å². The van der Waals surface area contributed by atoms with Crippen LogP contribution in [-0.4, -0.2) is 29.6 Å². The van der Waals surface area contributed by atoms with Crippen molar-refractivity contribution in [3.63, 3.8) is 0 Å². The minimum absolute atomic E-state index is 0.275. The minimum Gasteiger partial charge on any atom is -0.311 e. The number of nitrogens with zero attached hydrogens (tertiary/aromatic N) is 1. The highest BCUT2D eigenvalue weighted by Crippen LogP contribution is 2.28. The molecule has 3 heteroatoms. The summed E-state index contributed by atoms with van der Waals surface area (Å²) in [6.45, 7) is 10.2. The molecule has 1 N–H and O–H groups in total. The van der Waals surface area contributed by atoms with Gasteiger partial charge in [0.05, 0.1) is 0 Å². The molecule has 0 aromatic carbocycles. The number of hydrogen-bond acceptors (Lipinski definition) is 3. The Labute approximate surface area is 115 Å². The van der Waals surface area contributed by atoms with E-state index >= 15 is 0 Å². The third kappa shape index (κ3) is 4.38. The van der Waals surface area contributed by atoms with Crippen LogP contribution in [0.15, 0.2) is 16.8 Å². The van der Waals surface area contributed by atoms with Gasteiger partial charge in [0.1, 0.15) is 0 Å². The third-order valence-corrected chi connectivity index (χ3v) is 4.65. The molecule has 0 saturated heterocycles. The van der Waals surface area contributed by atoms with E-state index in [2.05, 4.69) is 47.8 Å². The second-order valence-corrected chi connectivity index (χ2v) is 6.78. The van der Waals surface area contributed by atoms with Crippen LogP contribution in [0.5, 0.6) is 0 Å². The number of thiophene rings is 1. The Balaban J connectivity index is 1.77. The van der Waals surface area contributed by atoms with Crippen LogP contribution >= 0.6 is 11.3 Å². The lowest BCUT2D eigenvalue weighted by molar-refractivity contribution is 0.240. The average Bonchev–Trinajstić information content (AvgIpc) is 3.07. The molecular formula is C15H26N2S. The lowest BCUT2D eigenvalue weighted by Crippen LogP contribution is -2.43. The Kier molecular flexibility index (Phi) is 4.82. The van der Waals surface area contributed by atoms with Gasteiger partial charge in [-0.1, -0.05) is 6.92 Å². The first-order valence-electron chi connectivity index (χ1n) is 7.11. The van der Waals surface area contributed by atoms with Crippen molar-refractivity contribution in [2.24, 2.45) is 0 Å². The fraction of sp³-hybridized carbons (Fsp3) is 0.733. The Morgan fingerprint density at radius 2 is 2.22 bits per heavy atom. The minimum atomic E-state index is 0.275. The van der Waals surface area contributed by atoms with Gasteiger partial charge in [-0.3, -0.25) is 4.90 Å². The number of hydrogen-bond donors (Lipinski definition) is 1. The van der Waals surface area contributed by atoms with Crippen LogP contribution in [0.2, 0.25) is 0 Å².